The fourth-order valence-electron chi connectivity index (χ4n) is 1.59. The van der Waals surface area contributed by atoms with Gasteiger partial charge >= 0.3 is 0 Å². The van der Waals surface area contributed by atoms with Crippen LogP contribution in [0.3, 0.4) is 0 Å². The van der Waals surface area contributed by atoms with E-state index in [1.807, 2.05) is 6.07 Å². The van der Waals surface area contributed by atoms with Crippen LogP contribution in [0.5, 0.6) is 0 Å². The van der Waals surface area contributed by atoms with Gasteiger partial charge in [-0.25, -0.2) is 10.8 Å². The minimum atomic E-state index is -0.406. The summed E-state index contributed by atoms with van der Waals surface area (Å²) in [6.07, 6.45) is 0. The molecule has 2 rings (SSSR count). The number of aromatic nitrogens is 1. The number of rotatable bonds is 3. The van der Waals surface area contributed by atoms with Crippen molar-refractivity contribution in [1.82, 2.24) is 4.98 Å². The van der Waals surface area contributed by atoms with Crippen LogP contribution in [-0.4, -0.2) is 10.9 Å². The number of nitrogen functional groups attached to an aromatic ring is 1. The summed E-state index contributed by atoms with van der Waals surface area (Å²) in [7, 11) is 0. The van der Waals surface area contributed by atoms with Gasteiger partial charge in [0.1, 0.15) is 17.0 Å². The highest BCUT2D eigenvalue weighted by molar-refractivity contribution is 6.32. The second kappa shape index (κ2) is 6.41. The molecule has 0 fully saturated rings. The number of nitrogens with two attached hydrogens (primary N) is 1. The Hall–Kier alpha value is -2.33. The normalized spacial score (nSPS) is 9.81. The van der Waals surface area contributed by atoms with Crippen LogP contribution in [0.1, 0.15) is 15.9 Å². The molecule has 0 radical (unpaired) electrons. The average molecular weight is 322 g/mol. The van der Waals surface area contributed by atoms with Crippen molar-refractivity contribution < 1.29 is 4.79 Å². The maximum Gasteiger partial charge on any atom is 0.255 e. The molecule has 4 N–H and O–H groups in total. The summed E-state index contributed by atoms with van der Waals surface area (Å²) in [5.41, 5.74) is 3.39. The van der Waals surface area contributed by atoms with Gasteiger partial charge in [0.2, 0.25) is 0 Å². The predicted molar refractivity (Wildman–Crippen MR) is 81.2 cm³/mol. The molecular weight excluding hydrogens is 313 g/mol. The highest BCUT2D eigenvalue weighted by atomic mass is 35.5. The molecule has 1 aromatic heterocycles. The van der Waals surface area contributed by atoms with Crippen molar-refractivity contribution in [3.05, 3.63) is 51.6 Å². The van der Waals surface area contributed by atoms with Crippen molar-refractivity contribution in [1.29, 1.82) is 5.26 Å². The Kier molecular flexibility index (Phi) is 4.60. The van der Waals surface area contributed by atoms with Crippen LogP contribution < -0.4 is 16.6 Å². The van der Waals surface area contributed by atoms with Crippen LogP contribution in [0.4, 0.5) is 11.5 Å². The molecule has 0 bridgehead atoms. The molecule has 1 amide bonds. The van der Waals surface area contributed by atoms with Gasteiger partial charge in [0.15, 0.2) is 0 Å². The van der Waals surface area contributed by atoms with E-state index < -0.39 is 5.91 Å². The van der Waals surface area contributed by atoms with Crippen LogP contribution in [0, 0.1) is 11.3 Å². The van der Waals surface area contributed by atoms with Crippen LogP contribution in [0.25, 0.3) is 0 Å². The Morgan fingerprint density at radius 1 is 1.29 bits per heavy atom. The third kappa shape index (κ3) is 3.61. The second-order valence-corrected chi connectivity index (χ2v) is 4.76. The molecule has 0 atom stereocenters. The Bertz CT molecular complexity index is 742. The van der Waals surface area contributed by atoms with Gasteiger partial charge in [0.05, 0.1) is 10.6 Å². The third-order valence-corrected chi connectivity index (χ3v) is 3.06. The fraction of sp³-hybridized carbons (Fsp3) is 0. The molecule has 0 saturated carbocycles. The van der Waals surface area contributed by atoms with Gasteiger partial charge in [-0.2, -0.15) is 5.26 Å². The molecule has 8 heteroatoms. The molecule has 0 saturated heterocycles. The molecule has 6 nitrogen and oxygen atoms in total. The number of nitrogens with one attached hydrogen (secondary N) is 2. The van der Waals surface area contributed by atoms with Gasteiger partial charge in [-0.3, -0.25) is 4.79 Å². The predicted octanol–water partition coefficient (Wildman–Crippen LogP) is 2.80. The fourth-order valence-corrected chi connectivity index (χ4v) is 2.02. The zero-order valence-electron chi connectivity index (χ0n) is 10.5. The third-order valence-electron chi connectivity index (χ3n) is 2.55. The first-order valence-corrected chi connectivity index (χ1v) is 6.44. The van der Waals surface area contributed by atoms with E-state index in [4.69, 9.17) is 34.3 Å². The van der Waals surface area contributed by atoms with Crippen LogP contribution >= 0.6 is 23.2 Å². The van der Waals surface area contributed by atoms with E-state index in [0.717, 1.165) is 0 Å². The summed E-state index contributed by atoms with van der Waals surface area (Å²) < 4.78 is 0. The highest BCUT2D eigenvalue weighted by Gasteiger charge is 2.10. The maximum atomic E-state index is 12.1. The Morgan fingerprint density at radius 2 is 2.05 bits per heavy atom. The number of hydrazine groups is 1. The topological polar surface area (TPSA) is 104 Å². The van der Waals surface area contributed by atoms with Crippen LogP contribution in [0.2, 0.25) is 10.2 Å². The molecule has 1 aromatic carbocycles. The van der Waals surface area contributed by atoms with Gasteiger partial charge in [-0.1, -0.05) is 23.2 Å². The number of pyridine rings is 1. The summed E-state index contributed by atoms with van der Waals surface area (Å²) >= 11 is 11.7. The highest BCUT2D eigenvalue weighted by Crippen LogP contribution is 2.21. The van der Waals surface area contributed by atoms with Gasteiger partial charge in [0, 0.05) is 11.3 Å². The lowest BCUT2D eigenvalue weighted by atomic mass is 10.2. The van der Waals surface area contributed by atoms with Crippen molar-refractivity contribution in [3.8, 4) is 6.07 Å². The Morgan fingerprint density at radius 3 is 2.67 bits per heavy atom. The molecule has 0 aliphatic heterocycles. The van der Waals surface area contributed by atoms with E-state index in [2.05, 4.69) is 15.7 Å². The van der Waals surface area contributed by atoms with Gasteiger partial charge in [0.25, 0.3) is 5.91 Å². The van der Waals surface area contributed by atoms with Crippen molar-refractivity contribution in [3.63, 3.8) is 0 Å². The summed E-state index contributed by atoms with van der Waals surface area (Å²) in [4.78, 5) is 16.0. The molecule has 106 valence electrons. The largest absolute Gasteiger partial charge is 0.322 e. The lowest BCUT2D eigenvalue weighted by molar-refractivity contribution is 0.102. The molecule has 0 unspecified atom stereocenters. The van der Waals surface area contributed by atoms with Crippen molar-refractivity contribution in [2.24, 2.45) is 5.84 Å². The SMILES string of the molecule is N#Cc1ccc(NC(=O)c2cc(Cl)nc(NN)c2)cc1Cl. The number of benzene rings is 1. The first-order chi connectivity index (χ1) is 10.0. The first kappa shape index (κ1) is 15.1. The smallest absolute Gasteiger partial charge is 0.255 e. The van der Waals surface area contributed by atoms with Crippen LogP contribution in [0.15, 0.2) is 30.3 Å². The molecule has 21 heavy (non-hydrogen) atoms. The molecule has 1 heterocycles. The average Bonchev–Trinajstić information content (AvgIpc) is 2.46. The molecule has 0 aliphatic carbocycles. The number of nitrogens with zero attached hydrogens (tertiary/aromatic N) is 2. The van der Waals surface area contributed by atoms with E-state index in [9.17, 15) is 4.79 Å². The zero-order valence-corrected chi connectivity index (χ0v) is 12.0. The van der Waals surface area contributed by atoms with Gasteiger partial charge in [-0.15, -0.1) is 0 Å². The number of hydrogen-bond acceptors (Lipinski definition) is 5. The summed E-state index contributed by atoms with van der Waals surface area (Å²) in [6.45, 7) is 0. The maximum absolute atomic E-state index is 12.1. The Labute approximate surface area is 130 Å². The van der Waals surface area contributed by atoms with E-state index in [1.54, 1.807) is 6.07 Å². The number of halogens is 2. The molecule has 0 aliphatic rings. The number of carbonyl (C=O) groups excluding carboxylic acids is 1. The molecule has 0 spiro atoms. The Balaban J connectivity index is 2.24. The van der Waals surface area contributed by atoms with E-state index in [1.165, 1.54) is 24.3 Å². The minimum absolute atomic E-state index is 0.133. The molecule has 2 aromatic rings. The zero-order chi connectivity index (χ0) is 15.4. The van der Waals surface area contributed by atoms with Gasteiger partial charge in [-0.05, 0) is 30.3 Å². The summed E-state index contributed by atoms with van der Waals surface area (Å²) in [6, 6.07) is 9.38. The van der Waals surface area contributed by atoms with Crippen molar-refractivity contribution >= 4 is 40.6 Å². The number of anilines is 2. The molecular formula is C13H9Cl2N5O. The summed E-state index contributed by atoms with van der Waals surface area (Å²) in [5, 5.41) is 11.8. The van der Waals surface area contributed by atoms with E-state index in [-0.39, 0.29) is 21.6 Å². The van der Waals surface area contributed by atoms with E-state index in [0.29, 0.717) is 11.3 Å². The number of nitriles is 1. The summed E-state index contributed by atoms with van der Waals surface area (Å²) in [5.74, 6) is 5.10. The monoisotopic (exact) mass is 321 g/mol. The van der Waals surface area contributed by atoms with E-state index >= 15 is 0 Å². The number of hydrogen-bond donors (Lipinski definition) is 3. The lowest BCUT2D eigenvalue weighted by Crippen LogP contribution is -2.14. The number of amides is 1. The van der Waals surface area contributed by atoms with Gasteiger partial charge < -0.3 is 10.7 Å². The minimum Gasteiger partial charge on any atom is -0.322 e. The quantitative estimate of drug-likeness (QED) is 0.458. The van der Waals surface area contributed by atoms with Crippen molar-refractivity contribution in [2.75, 3.05) is 10.7 Å². The second-order valence-electron chi connectivity index (χ2n) is 3.97. The van der Waals surface area contributed by atoms with Crippen molar-refractivity contribution in [2.45, 2.75) is 0 Å². The standard InChI is InChI=1S/C13H9Cl2N5O/c14-10-5-9(2-1-7(10)6-16)18-13(21)8-3-11(15)19-12(4-8)20-17/h1-5H,17H2,(H,18,21)(H,19,20). The first-order valence-electron chi connectivity index (χ1n) is 5.68. The lowest BCUT2D eigenvalue weighted by Gasteiger charge is -2.08. The van der Waals surface area contributed by atoms with Crippen LogP contribution in [-0.2, 0) is 0 Å². The number of carbonyl (C=O) groups is 1.